The third-order valence-electron chi connectivity index (χ3n) is 5.02. The minimum atomic E-state index is 0.136. The molecule has 1 aliphatic heterocycles. The molecule has 140 valence electrons. The van der Waals surface area contributed by atoms with E-state index in [1.54, 1.807) is 11.8 Å². The molecule has 26 heavy (non-hydrogen) atoms. The summed E-state index contributed by atoms with van der Waals surface area (Å²) >= 11 is 0. The van der Waals surface area contributed by atoms with Gasteiger partial charge in [-0.05, 0) is 67.2 Å². The maximum absolute atomic E-state index is 13.0. The van der Waals surface area contributed by atoms with Crippen LogP contribution in [-0.4, -0.2) is 57.3 Å². The van der Waals surface area contributed by atoms with E-state index in [0.29, 0.717) is 12.6 Å². The Morgan fingerprint density at radius 3 is 2.77 bits per heavy atom. The topological polar surface area (TPSA) is 73.1 Å². The highest BCUT2D eigenvalue weighted by atomic mass is 16.5. The van der Waals surface area contributed by atoms with Crippen LogP contribution in [0.15, 0.2) is 24.3 Å². The standard InChI is InChI=1S/C19H27N5O2/c1-15-20-21-22-24(15)14-16-8-10-17(11-9-16)19(25)23-12-4-3-6-18(23)7-5-13-26-2/h8-11,18H,3-7,12-14H2,1-2H3. The van der Waals surface area contributed by atoms with E-state index in [1.807, 2.05) is 31.2 Å². The van der Waals surface area contributed by atoms with Gasteiger partial charge in [-0.2, -0.15) is 0 Å². The molecule has 0 aliphatic carbocycles. The Balaban J connectivity index is 1.65. The molecule has 1 amide bonds. The van der Waals surface area contributed by atoms with Gasteiger partial charge in [-0.15, -0.1) is 5.10 Å². The highest BCUT2D eigenvalue weighted by Crippen LogP contribution is 2.23. The second-order valence-corrected chi connectivity index (χ2v) is 6.86. The largest absolute Gasteiger partial charge is 0.385 e. The van der Waals surface area contributed by atoms with E-state index in [-0.39, 0.29) is 5.91 Å². The second kappa shape index (κ2) is 8.89. The van der Waals surface area contributed by atoms with Crippen LogP contribution in [0.4, 0.5) is 0 Å². The molecule has 0 radical (unpaired) electrons. The van der Waals surface area contributed by atoms with Gasteiger partial charge >= 0.3 is 0 Å². The summed E-state index contributed by atoms with van der Waals surface area (Å²) in [7, 11) is 1.72. The number of rotatable bonds is 7. The highest BCUT2D eigenvalue weighted by molar-refractivity contribution is 5.94. The van der Waals surface area contributed by atoms with Crippen LogP contribution >= 0.6 is 0 Å². The number of amides is 1. The van der Waals surface area contributed by atoms with Crippen LogP contribution < -0.4 is 0 Å². The molecule has 1 atom stereocenters. The van der Waals surface area contributed by atoms with Crippen LogP contribution in [0.3, 0.4) is 0 Å². The predicted octanol–water partition coefficient (Wildman–Crippen LogP) is 2.45. The molecule has 1 aromatic carbocycles. The summed E-state index contributed by atoms with van der Waals surface area (Å²) < 4.78 is 6.90. The molecule has 3 rings (SSSR count). The van der Waals surface area contributed by atoms with E-state index >= 15 is 0 Å². The summed E-state index contributed by atoms with van der Waals surface area (Å²) in [5.74, 6) is 0.912. The van der Waals surface area contributed by atoms with Crippen LogP contribution in [0.2, 0.25) is 0 Å². The number of piperidine rings is 1. The van der Waals surface area contributed by atoms with Gasteiger partial charge < -0.3 is 9.64 Å². The van der Waals surface area contributed by atoms with Crippen LogP contribution in [0, 0.1) is 6.92 Å². The van der Waals surface area contributed by atoms with Crippen molar-refractivity contribution in [3.63, 3.8) is 0 Å². The van der Waals surface area contributed by atoms with Gasteiger partial charge in [-0.3, -0.25) is 4.79 Å². The third kappa shape index (κ3) is 4.46. The van der Waals surface area contributed by atoms with Crippen LogP contribution in [0.1, 0.15) is 53.8 Å². The number of nitrogens with zero attached hydrogens (tertiary/aromatic N) is 5. The van der Waals surface area contributed by atoms with Crippen molar-refractivity contribution in [1.82, 2.24) is 25.1 Å². The number of benzene rings is 1. The minimum Gasteiger partial charge on any atom is -0.385 e. The van der Waals surface area contributed by atoms with Gasteiger partial charge in [0.2, 0.25) is 0 Å². The number of hydrogen-bond acceptors (Lipinski definition) is 5. The van der Waals surface area contributed by atoms with Crippen molar-refractivity contribution in [3.8, 4) is 0 Å². The van der Waals surface area contributed by atoms with Gasteiger partial charge in [0.05, 0.1) is 6.54 Å². The van der Waals surface area contributed by atoms with E-state index in [4.69, 9.17) is 4.74 Å². The predicted molar refractivity (Wildman–Crippen MR) is 97.9 cm³/mol. The van der Waals surface area contributed by atoms with E-state index in [1.165, 1.54) is 6.42 Å². The second-order valence-electron chi connectivity index (χ2n) is 6.86. The number of likely N-dealkylation sites (tertiary alicyclic amines) is 1. The van der Waals surface area contributed by atoms with E-state index in [2.05, 4.69) is 20.4 Å². The SMILES string of the molecule is COCCCC1CCCCN1C(=O)c1ccc(Cn2nnnc2C)cc1. The quantitative estimate of drug-likeness (QED) is 0.712. The van der Waals surface area contributed by atoms with Crippen molar-refractivity contribution in [1.29, 1.82) is 0 Å². The zero-order valence-corrected chi connectivity index (χ0v) is 15.6. The third-order valence-corrected chi connectivity index (χ3v) is 5.02. The zero-order chi connectivity index (χ0) is 18.4. The lowest BCUT2D eigenvalue weighted by atomic mass is 9.97. The van der Waals surface area contributed by atoms with Crippen molar-refractivity contribution in [2.45, 2.75) is 51.6 Å². The molecule has 0 N–H and O–H groups in total. The lowest BCUT2D eigenvalue weighted by molar-refractivity contribution is 0.0585. The van der Waals surface area contributed by atoms with Crippen molar-refractivity contribution in [2.75, 3.05) is 20.3 Å². The fraction of sp³-hybridized carbons (Fsp3) is 0.579. The molecule has 2 aromatic rings. The molecule has 1 saturated heterocycles. The molecule has 7 heteroatoms. The summed E-state index contributed by atoms with van der Waals surface area (Å²) in [5, 5.41) is 11.5. The molecular formula is C19H27N5O2. The molecule has 2 heterocycles. The number of aromatic nitrogens is 4. The molecule has 1 unspecified atom stereocenters. The highest BCUT2D eigenvalue weighted by Gasteiger charge is 2.27. The number of tetrazole rings is 1. The van der Waals surface area contributed by atoms with Gasteiger partial charge in [-0.25, -0.2) is 4.68 Å². The van der Waals surface area contributed by atoms with Gasteiger partial charge in [-0.1, -0.05) is 12.1 Å². The molecular weight excluding hydrogens is 330 g/mol. The number of hydrogen-bond donors (Lipinski definition) is 0. The van der Waals surface area contributed by atoms with E-state index < -0.39 is 0 Å². The smallest absolute Gasteiger partial charge is 0.254 e. The Labute approximate surface area is 154 Å². The number of carbonyl (C=O) groups excluding carboxylic acids is 1. The van der Waals surface area contributed by atoms with E-state index in [0.717, 1.165) is 55.8 Å². The Bertz CT molecular complexity index is 713. The number of methoxy groups -OCH3 is 1. The van der Waals surface area contributed by atoms with Gasteiger partial charge in [0.15, 0.2) is 0 Å². The Morgan fingerprint density at radius 1 is 1.27 bits per heavy atom. The maximum Gasteiger partial charge on any atom is 0.254 e. The Hall–Kier alpha value is -2.28. The van der Waals surface area contributed by atoms with Crippen molar-refractivity contribution < 1.29 is 9.53 Å². The van der Waals surface area contributed by atoms with Crippen LogP contribution in [0.25, 0.3) is 0 Å². The Morgan fingerprint density at radius 2 is 2.08 bits per heavy atom. The van der Waals surface area contributed by atoms with Crippen molar-refractivity contribution in [3.05, 3.63) is 41.2 Å². The zero-order valence-electron chi connectivity index (χ0n) is 15.6. The molecule has 1 aromatic heterocycles. The molecule has 1 aliphatic rings. The van der Waals surface area contributed by atoms with Gasteiger partial charge in [0, 0.05) is 31.9 Å². The fourth-order valence-corrected chi connectivity index (χ4v) is 3.52. The monoisotopic (exact) mass is 357 g/mol. The van der Waals surface area contributed by atoms with Gasteiger partial charge in [0.25, 0.3) is 5.91 Å². The van der Waals surface area contributed by atoms with Crippen LogP contribution in [-0.2, 0) is 11.3 Å². The average molecular weight is 357 g/mol. The lowest BCUT2D eigenvalue weighted by Crippen LogP contribution is -2.43. The molecule has 1 fully saturated rings. The first-order valence-corrected chi connectivity index (χ1v) is 9.30. The first kappa shape index (κ1) is 18.5. The summed E-state index contributed by atoms with van der Waals surface area (Å²) in [6, 6.07) is 8.13. The summed E-state index contributed by atoms with van der Waals surface area (Å²) in [4.78, 5) is 15.0. The van der Waals surface area contributed by atoms with Crippen LogP contribution in [0.5, 0.6) is 0 Å². The molecule has 7 nitrogen and oxygen atoms in total. The normalized spacial score (nSPS) is 17.5. The number of carbonyl (C=O) groups is 1. The van der Waals surface area contributed by atoms with Gasteiger partial charge in [0.1, 0.15) is 5.82 Å². The molecule has 0 spiro atoms. The summed E-state index contributed by atoms with van der Waals surface area (Å²) in [6.45, 7) is 4.08. The lowest BCUT2D eigenvalue weighted by Gasteiger charge is -2.36. The molecule has 0 bridgehead atoms. The van der Waals surface area contributed by atoms with E-state index in [9.17, 15) is 4.79 Å². The fourth-order valence-electron chi connectivity index (χ4n) is 3.52. The maximum atomic E-state index is 13.0. The molecule has 0 saturated carbocycles. The van der Waals surface area contributed by atoms with Crippen molar-refractivity contribution >= 4 is 5.91 Å². The number of aryl methyl sites for hydroxylation is 1. The Kier molecular flexibility index (Phi) is 6.33. The number of ether oxygens (including phenoxy) is 1. The first-order valence-electron chi connectivity index (χ1n) is 9.30. The first-order chi connectivity index (χ1) is 12.7. The summed E-state index contributed by atoms with van der Waals surface area (Å²) in [5.41, 5.74) is 1.83. The van der Waals surface area contributed by atoms with Crippen molar-refractivity contribution in [2.24, 2.45) is 0 Å². The average Bonchev–Trinajstić information content (AvgIpc) is 3.07. The minimum absolute atomic E-state index is 0.136. The summed E-state index contributed by atoms with van der Waals surface area (Å²) in [6.07, 6.45) is 5.38.